The van der Waals surface area contributed by atoms with Crippen LogP contribution in [-0.2, 0) is 10.2 Å². The van der Waals surface area contributed by atoms with Gasteiger partial charge < -0.3 is 19.3 Å². The van der Waals surface area contributed by atoms with Crippen LogP contribution >= 0.6 is 15.9 Å². The van der Waals surface area contributed by atoms with E-state index in [2.05, 4.69) is 15.9 Å². The van der Waals surface area contributed by atoms with Gasteiger partial charge in [0.1, 0.15) is 10.2 Å². The van der Waals surface area contributed by atoms with Gasteiger partial charge >= 0.3 is 5.97 Å². The first-order valence-electron chi connectivity index (χ1n) is 5.74. The molecule has 0 atom stereocenters. The number of methoxy groups -OCH3 is 3. The molecule has 0 bridgehead atoms. The topological polar surface area (TPSA) is 65.0 Å². The molecule has 1 aliphatic carbocycles. The van der Waals surface area contributed by atoms with E-state index < -0.39 is 11.4 Å². The van der Waals surface area contributed by atoms with Crippen molar-refractivity contribution in [3.05, 3.63) is 16.1 Å². The predicted molar refractivity (Wildman–Crippen MR) is 72.3 cm³/mol. The number of carboxylic acids is 1. The normalized spacial score (nSPS) is 15.8. The summed E-state index contributed by atoms with van der Waals surface area (Å²) in [5, 5.41) is 9.42. The van der Waals surface area contributed by atoms with Crippen LogP contribution in [0.5, 0.6) is 17.2 Å². The lowest BCUT2D eigenvalue weighted by atomic mass is 9.94. The second-order valence-electron chi connectivity index (χ2n) is 4.39. The van der Waals surface area contributed by atoms with Crippen LogP contribution in [0.25, 0.3) is 0 Å². The third-order valence-corrected chi connectivity index (χ3v) is 4.17. The summed E-state index contributed by atoms with van der Waals surface area (Å²) in [6.07, 6.45) is 1.20. The van der Waals surface area contributed by atoms with Gasteiger partial charge in [0.15, 0.2) is 11.5 Å². The van der Waals surface area contributed by atoms with Crippen LogP contribution in [0.3, 0.4) is 0 Å². The first kappa shape index (κ1) is 14.0. The van der Waals surface area contributed by atoms with E-state index in [4.69, 9.17) is 14.2 Å². The molecule has 0 radical (unpaired) electrons. The maximum absolute atomic E-state index is 11.5. The maximum atomic E-state index is 11.5. The van der Waals surface area contributed by atoms with Crippen molar-refractivity contribution in [2.24, 2.45) is 0 Å². The van der Waals surface area contributed by atoms with E-state index in [0.717, 1.165) is 0 Å². The number of ether oxygens (including phenoxy) is 3. The zero-order chi connectivity index (χ0) is 14.2. The largest absolute Gasteiger partial charge is 0.495 e. The molecule has 1 aromatic carbocycles. The average Bonchev–Trinajstić information content (AvgIpc) is 3.18. The van der Waals surface area contributed by atoms with Gasteiger partial charge in [-0.05, 0) is 34.8 Å². The van der Waals surface area contributed by atoms with Crippen LogP contribution < -0.4 is 14.2 Å². The highest BCUT2D eigenvalue weighted by Crippen LogP contribution is 2.56. The molecule has 0 heterocycles. The van der Waals surface area contributed by atoms with E-state index in [1.807, 2.05) is 0 Å². The summed E-state index contributed by atoms with van der Waals surface area (Å²) >= 11 is 3.39. The minimum Gasteiger partial charge on any atom is -0.495 e. The maximum Gasteiger partial charge on any atom is 0.314 e. The van der Waals surface area contributed by atoms with E-state index in [1.165, 1.54) is 21.3 Å². The molecule has 0 spiro atoms. The Morgan fingerprint density at radius 2 is 1.79 bits per heavy atom. The smallest absolute Gasteiger partial charge is 0.314 e. The number of rotatable bonds is 5. The summed E-state index contributed by atoms with van der Waals surface area (Å²) in [7, 11) is 4.54. The van der Waals surface area contributed by atoms with Crippen molar-refractivity contribution in [1.82, 2.24) is 0 Å². The molecule has 0 saturated heterocycles. The fourth-order valence-corrected chi connectivity index (χ4v) is 2.94. The van der Waals surface area contributed by atoms with Gasteiger partial charge in [-0.25, -0.2) is 0 Å². The Balaban J connectivity index is 2.68. The lowest BCUT2D eigenvalue weighted by Crippen LogP contribution is -2.20. The number of carboxylic acid groups (broad SMARTS) is 1. The van der Waals surface area contributed by atoms with Crippen molar-refractivity contribution in [3.63, 3.8) is 0 Å². The molecule has 6 heteroatoms. The van der Waals surface area contributed by atoms with E-state index in [0.29, 0.717) is 40.1 Å². The molecular formula is C13H15BrO5. The molecule has 5 nitrogen and oxygen atoms in total. The second-order valence-corrected chi connectivity index (χ2v) is 5.19. The van der Waals surface area contributed by atoms with Gasteiger partial charge in [-0.1, -0.05) is 0 Å². The molecule has 1 aromatic rings. The van der Waals surface area contributed by atoms with Gasteiger partial charge in [0.2, 0.25) is 0 Å². The van der Waals surface area contributed by atoms with Crippen molar-refractivity contribution < 1.29 is 24.1 Å². The zero-order valence-corrected chi connectivity index (χ0v) is 12.5. The summed E-state index contributed by atoms with van der Waals surface area (Å²) in [6, 6.07) is 1.68. The number of hydrogen-bond acceptors (Lipinski definition) is 4. The Labute approximate surface area is 119 Å². The van der Waals surface area contributed by atoms with Crippen LogP contribution in [0.15, 0.2) is 10.5 Å². The van der Waals surface area contributed by atoms with Crippen LogP contribution in [-0.4, -0.2) is 32.4 Å². The van der Waals surface area contributed by atoms with Crippen molar-refractivity contribution in [3.8, 4) is 17.2 Å². The minimum absolute atomic E-state index is 0.484. The van der Waals surface area contributed by atoms with Crippen molar-refractivity contribution >= 4 is 21.9 Å². The van der Waals surface area contributed by atoms with Crippen LogP contribution in [0.1, 0.15) is 18.4 Å². The molecule has 1 fully saturated rings. The molecule has 0 unspecified atom stereocenters. The van der Waals surface area contributed by atoms with Crippen LogP contribution in [0.4, 0.5) is 0 Å². The predicted octanol–water partition coefficient (Wildman–Crippen LogP) is 2.59. The number of aliphatic carboxylic acids is 1. The molecule has 1 aliphatic rings. The van der Waals surface area contributed by atoms with Gasteiger partial charge in [0.25, 0.3) is 0 Å². The Morgan fingerprint density at radius 1 is 1.21 bits per heavy atom. The van der Waals surface area contributed by atoms with E-state index >= 15 is 0 Å². The van der Waals surface area contributed by atoms with Crippen molar-refractivity contribution in [2.45, 2.75) is 18.3 Å². The first-order valence-corrected chi connectivity index (χ1v) is 6.53. The summed E-state index contributed by atoms with van der Waals surface area (Å²) in [5.41, 5.74) is -0.250. The average molecular weight is 331 g/mol. The lowest BCUT2D eigenvalue weighted by molar-refractivity contribution is -0.140. The Morgan fingerprint density at radius 3 is 2.16 bits per heavy atom. The molecular weight excluding hydrogens is 316 g/mol. The summed E-state index contributed by atoms with van der Waals surface area (Å²) in [4.78, 5) is 11.5. The van der Waals surface area contributed by atoms with Crippen molar-refractivity contribution in [2.75, 3.05) is 21.3 Å². The number of carbonyl (C=O) groups is 1. The first-order chi connectivity index (χ1) is 9.01. The van der Waals surface area contributed by atoms with Gasteiger partial charge in [-0.3, -0.25) is 4.79 Å². The third-order valence-electron chi connectivity index (χ3n) is 3.45. The van der Waals surface area contributed by atoms with Gasteiger partial charge in [0, 0.05) is 5.56 Å². The molecule has 1 saturated carbocycles. The molecule has 0 amide bonds. The van der Waals surface area contributed by atoms with Gasteiger partial charge in [-0.15, -0.1) is 0 Å². The Bertz CT molecular complexity index is 522. The Kier molecular flexibility index (Phi) is 3.62. The monoisotopic (exact) mass is 330 g/mol. The highest BCUT2D eigenvalue weighted by Gasteiger charge is 2.54. The summed E-state index contributed by atoms with van der Waals surface area (Å²) < 4.78 is 16.4. The van der Waals surface area contributed by atoms with E-state index in [9.17, 15) is 9.90 Å². The van der Waals surface area contributed by atoms with Crippen LogP contribution in [0, 0.1) is 0 Å². The highest BCUT2D eigenvalue weighted by molar-refractivity contribution is 9.10. The third kappa shape index (κ3) is 2.04. The summed E-state index contributed by atoms with van der Waals surface area (Å²) in [6.45, 7) is 0. The molecule has 2 rings (SSSR count). The number of halogens is 1. The van der Waals surface area contributed by atoms with Gasteiger partial charge in [-0.2, -0.15) is 0 Å². The molecule has 1 N–H and O–H groups in total. The quantitative estimate of drug-likeness (QED) is 0.898. The lowest BCUT2D eigenvalue weighted by Gasteiger charge is -2.20. The Hall–Kier alpha value is -1.43. The van der Waals surface area contributed by atoms with E-state index in [1.54, 1.807) is 6.07 Å². The zero-order valence-electron chi connectivity index (χ0n) is 10.9. The SMILES string of the molecule is COc1cc(C2(C(=O)O)CC2)c(OC)c(Br)c1OC. The number of hydrogen-bond donors (Lipinski definition) is 1. The second kappa shape index (κ2) is 4.92. The fraction of sp³-hybridized carbons (Fsp3) is 0.462. The molecule has 0 aromatic heterocycles. The van der Waals surface area contributed by atoms with E-state index in [-0.39, 0.29) is 0 Å². The standard InChI is InChI=1S/C13H15BrO5/c1-17-8-6-7(13(4-5-13)12(15)16)10(18-2)9(14)11(8)19-3/h6H,4-5H2,1-3H3,(H,15,16). The molecule has 0 aliphatic heterocycles. The van der Waals surface area contributed by atoms with Crippen LogP contribution in [0.2, 0.25) is 0 Å². The highest BCUT2D eigenvalue weighted by atomic mass is 79.9. The van der Waals surface area contributed by atoms with Gasteiger partial charge in [0.05, 0.1) is 26.7 Å². The number of benzene rings is 1. The minimum atomic E-state index is -0.868. The van der Waals surface area contributed by atoms with Crippen molar-refractivity contribution in [1.29, 1.82) is 0 Å². The fourth-order valence-electron chi connectivity index (χ4n) is 2.21. The molecule has 104 valence electrons. The molecule has 19 heavy (non-hydrogen) atoms. The summed E-state index contributed by atoms with van der Waals surface area (Å²) in [5.74, 6) is 0.615.